The van der Waals surface area contributed by atoms with Crippen molar-refractivity contribution in [1.29, 1.82) is 0 Å². The molecular weight excluding hydrogens is 330 g/mol. The van der Waals surface area contributed by atoms with E-state index in [1.54, 1.807) is 7.05 Å². The summed E-state index contributed by atoms with van der Waals surface area (Å²) in [5.74, 6) is 0. The maximum Gasteiger partial charge on any atom is 0.318 e. The Morgan fingerprint density at radius 2 is 1.67 bits per heavy atom. The van der Waals surface area contributed by atoms with Crippen molar-refractivity contribution in [3.8, 4) is 0 Å². The minimum absolute atomic E-state index is 0.179. The molecule has 0 saturated heterocycles. The molecule has 0 aromatic heterocycles. The first kappa shape index (κ1) is 15.4. The van der Waals surface area contributed by atoms with Crippen molar-refractivity contribution in [2.45, 2.75) is 13.0 Å². The topological polar surface area (TPSA) is 53.2 Å². The molecule has 3 N–H and O–H groups in total. The highest BCUT2D eigenvalue weighted by Crippen LogP contribution is 2.26. The van der Waals surface area contributed by atoms with Crippen molar-refractivity contribution in [2.24, 2.45) is 0 Å². The second-order valence-electron chi connectivity index (χ2n) is 4.67. The molecule has 0 aliphatic carbocycles. The molecule has 0 heterocycles. The summed E-state index contributed by atoms with van der Waals surface area (Å²) in [6, 6.07) is 15.7. The number of urea groups is 1. The molecule has 2 aromatic carbocycles. The SMILES string of the molecule is CNC(=O)Nc1ccc(NC(C)c2ccccc2Br)cc1. The summed E-state index contributed by atoms with van der Waals surface area (Å²) in [5, 5.41) is 8.68. The zero-order valence-corrected chi connectivity index (χ0v) is 13.6. The quantitative estimate of drug-likeness (QED) is 0.768. The molecule has 0 spiro atoms. The van der Waals surface area contributed by atoms with Crippen LogP contribution in [0.5, 0.6) is 0 Å². The van der Waals surface area contributed by atoms with Gasteiger partial charge in [0, 0.05) is 28.9 Å². The van der Waals surface area contributed by atoms with Gasteiger partial charge in [-0.3, -0.25) is 0 Å². The lowest BCUT2D eigenvalue weighted by Crippen LogP contribution is -2.24. The number of anilines is 2. The average molecular weight is 348 g/mol. The van der Waals surface area contributed by atoms with Gasteiger partial charge in [0.1, 0.15) is 0 Å². The summed E-state index contributed by atoms with van der Waals surface area (Å²) in [6.07, 6.45) is 0. The zero-order valence-electron chi connectivity index (χ0n) is 12.0. The van der Waals surface area contributed by atoms with Crippen molar-refractivity contribution in [3.05, 3.63) is 58.6 Å². The molecule has 0 aliphatic rings. The molecule has 0 saturated carbocycles. The first-order valence-electron chi connectivity index (χ1n) is 6.70. The van der Waals surface area contributed by atoms with E-state index in [0.29, 0.717) is 0 Å². The number of rotatable bonds is 4. The Kier molecular flexibility index (Phi) is 5.22. The van der Waals surface area contributed by atoms with Gasteiger partial charge in [-0.1, -0.05) is 34.1 Å². The number of carbonyl (C=O) groups is 1. The fourth-order valence-electron chi connectivity index (χ4n) is 2.00. The van der Waals surface area contributed by atoms with Gasteiger partial charge in [-0.05, 0) is 42.8 Å². The fourth-order valence-corrected chi connectivity index (χ4v) is 2.63. The van der Waals surface area contributed by atoms with Crippen LogP contribution >= 0.6 is 15.9 Å². The van der Waals surface area contributed by atoms with Gasteiger partial charge < -0.3 is 16.0 Å². The Morgan fingerprint density at radius 1 is 1.05 bits per heavy atom. The normalized spacial score (nSPS) is 11.6. The first-order valence-corrected chi connectivity index (χ1v) is 7.49. The predicted molar refractivity (Wildman–Crippen MR) is 90.7 cm³/mol. The van der Waals surface area contributed by atoms with Crippen molar-refractivity contribution in [3.63, 3.8) is 0 Å². The lowest BCUT2D eigenvalue weighted by atomic mass is 10.1. The second-order valence-corrected chi connectivity index (χ2v) is 5.52. The van der Waals surface area contributed by atoms with Gasteiger partial charge in [-0.2, -0.15) is 0 Å². The molecule has 0 radical (unpaired) electrons. The Morgan fingerprint density at radius 3 is 2.29 bits per heavy atom. The van der Waals surface area contributed by atoms with E-state index in [1.165, 1.54) is 5.56 Å². The van der Waals surface area contributed by atoms with Crippen molar-refractivity contribution in [2.75, 3.05) is 17.7 Å². The minimum Gasteiger partial charge on any atom is -0.378 e. The van der Waals surface area contributed by atoms with Crippen LogP contribution in [0.4, 0.5) is 16.2 Å². The summed E-state index contributed by atoms with van der Waals surface area (Å²) in [7, 11) is 1.59. The van der Waals surface area contributed by atoms with Crippen LogP contribution in [0.1, 0.15) is 18.5 Å². The molecule has 110 valence electrons. The third kappa shape index (κ3) is 4.23. The van der Waals surface area contributed by atoms with Crippen LogP contribution in [0, 0.1) is 0 Å². The maximum absolute atomic E-state index is 11.2. The predicted octanol–water partition coefficient (Wildman–Crippen LogP) is 4.37. The highest BCUT2D eigenvalue weighted by atomic mass is 79.9. The summed E-state index contributed by atoms with van der Waals surface area (Å²) in [6.45, 7) is 2.11. The molecule has 0 bridgehead atoms. The Bertz CT molecular complexity index is 613. The fraction of sp³-hybridized carbons (Fsp3) is 0.188. The van der Waals surface area contributed by atoms with Crippen LogP contribution in [0.25, 0.3) is 0 Å². The molecule has 4 nitrogen and oxygen atoms in total. The molecule has 2 rings (SSSR count). The van der Waals surface area contributed by atoms with E-state index in [0.717, 1.165) is 15.8 Å². The largest absolute Gasteiger partial charge is 0.378 e. The second kappa shape index (κ2) is 7.13. The molecule has 0 aliphatic heterocycles. The van der Waals surface area contributed by atoms with E-state index >= 15 is 0 Å². The van der Waals surface area contributed by atoms with Crippen LogP contribution in [-0.4, -0.2) is 13.1 Å². The third-order valence-electron chi connectivity index (χ3n) is 3.12. The number of benzene rings is 2. The van der Waals surface area contributed by atoms with Gasteiger partial charge in [0.2, 0.25) is 0 Å². The van der Waals surface area contributed by atoms with Gasteiger partial charge in [-0.25, -0.2) is 4.79 Å². The van der Waals surface area contributed by atoms with E-state index < -0.39 is 0 Å². The first-order chi connectivity index (χ1) is 10.1. The molecule has 1 unspecified atom stereocenters. The molecule has 0 fully saturated rings. The Labute approximate surface area is 133 Å². The van der Waals surface area contributed by atoms with E-state index in [4.69, 9.17) is 0 Å². The van der Waals surface area contributed by atoms with Crippen molar-refractivity contribution >= 4 is 33.3 Å². The smallest absolute Gasteiger partial charge is 0.318 e. The monoisotopic (exact) mass is 347 g/mol. The Hall–Kier alpha value is -2.01. The van der Waals surface area contributed by atoms with E-state index in [-0.39, 0.29) is 12.1 Å². The third-order valence-corrected chi connectivity index (χ3v) is 3.85. The minimum atomic E-state index is -0.225. The highest BCUT2D eigenvalue weighted by molar-refractivity contribution is 9.10. The summed E-state index contributed by atoms with van der Waals surface area (Å²) in [4.78, 5) is 11.2. The summed E-state index contributed by atoms with van der Waals surface area (Å²) >= 11 is 3.56. The van der Waals surface area contributed by atoms with Gasteiger partial charge in [0.05, 0.1) is 0 Å². The van der Waals surface area contributed by atoms with Crippen molar-refractivity contribution < 1.29 is 4.79 Å². The van der Waals surface area contributed by atoms with Gasteiger partial charge >= 0.3 is 6.03 Å². The van der Waals surface area contributed by atoms with E-state index in [2.05, 4.69) is 44.9 Å². The van der Waals surface area contributed by atoms with E-state index in [1.807, 2.05) is 42.5 Å². The van der Waals surface area contributed by atoms with Crippen LogP contribution in [0.15, 0.2) is 53.0 Å². The molecule has 2 aromatic rings. The summed E-state index contributed by atoms with van der Waals surface area (Å²) in [5.41, 5.74) is 2.96. The zero-order chi connectivity index (χ0) is 15.2. The number of amides is 2. The lowest BCUT2D eigenvalue weighted by molar-refractivity contribution is 0.254. The standard InChI is InChI=1S/C16H18BrN3O/c1-11(14-5-3-4-6-15(14)17)19-12-7-9-13(10-8-12)20-16(21)18-2/h3-11,19H,1-2H3,(H2,18,20,21). The van der Waals surface area contributed by atoms with Crippen LogP contribution in [0.2, 0.25) is 0 Å². The summed E-state index contributed by atoms with van der Waals surface area (Å²) < 4.78 is 1.09. The van der Waals surface area contributed by atoms with Crippen LogP contribution < -0.4 is 16.0 Å². The molecule has 1 atom stereocenters. The number of hydrogen-bond acceptors (Lipinski definition) is 2. The van der Waals surface area contributed by atoms with Crippen molar-refractivity contribution in [1.82, 2.24) is 5.32 Å². The lowest BCUT2D eigenvalue weighted by Gasteiger charge is -2.17. The van der Waals surface area contributed by atoms with E-state index in [9.17, 15) is 4.79 Å². The molecular formula is C16H18BrN3O. The maximum atomic E-state index is 11.2. The van der Waals surface area contributed by atoms with Gasteiger partial charge in [0.25, 0.3) is 0 Å². The number of halogens is 1. The average Bonchev–Trinajstić information content (AvgIpc) is 2.49. The highest BCUT2D eigenvalue weighted by Gasteiger charge is 2.08. The molecule has 21 heavy (non-hydrogen) atoms. The number of carbonyl (C=O) groups excluding carboxylic acids is 1. The molecule has 5 heteroatoms. The van der Waals surface area contributed by atoms with Gasteiger partial charge in [-0.15, -0.1) is 0 Å². The molecule has 2 amide bonds. The Balaban J connectivity index is 2.03. The number of nitrogens with one attached hydrogen (secondary N) is 3. The number of hydrogen-bond donors (Lipinski definition) is 3. The van der Waals surface area contributed by atoms with Gasteiger partial charge in [0.15, 0.2) is 0 Å². The van der Waals surface area contributed by atoms with Crippen LogP contribution in [-0.2, 0) is 0 Å². The van der Waals surface area contributed by atoms with Crippen LogP contribution in [0.3, 0.4) is 0 Å².